The molecule has 30 heavy (non-hydrogen) atoms. The molecule has 0 saturated heterocycles. The molecule has 156 valence electrons. The fraction of sp³-hybridized carbons (Fsp3) is 0.320. The van der Waals surface area contributed by atoms with E-state index in [0.29, 0.717) is 12.4 Å². The van der Waals surface area contributed by atoms with Crippen molar-refractivity contribution >= 4 is 25.4 Å². The number of nitrogens with zero attached hydrogens (tertiary/aromatic N) is 1. The maximum absolute atomic E-state index is 13.3. The lowest BCUT2D eigenvalue weighted by molar-refractivity contribution is 0.178. The molecule has 4 nitrogen and oxygen atoms in total. The summed E-state index contributed by atoms with van der Waals surface area (Å²) in [4.78, 5) is 14.9. The van der Waals surface area contributed by atoms with Gasteiger partial charge in [0.2, 0.25) is 0 Å². The average Bonchev–Trinajstić information content (AvgIpc) is 2.71. The van der Waals surface area contributed by atoms with E-state index in [4.69, 9.17) is 9.47 Å². The molecule has 1 heterocycles. The smallest absolute Gasteiger partial charge is 0.410 e. The van der Waals surface area contributed by atoms with E-state index in [2.05, 4.69) is 44.1 Å². The van der Waals surface area contributed by atoms with Crippen LogP contribution in [0.15, 0.2) is 60.7 Å². The molecule has 0 aliphatic carbocycles. The van der Waals surface area contributed by atoms with Gasteiger partial charge in [-0.2, -0.15) is 0 Å². The van der Waals surface area contributed by atoms with E-state index in [1.54, 1.807) is 24.1 Å². The third-order valence-electron chi connectivity index (χ3n) is 4.78. The summed E-state index contributed by atoms with van der Waals surface area (Å²) in [5.74, 6) is 4.06. The van der Waals surface area contributed by atoms with Crippen LogP contribution in [-0.4, -0.2) is 33.9 Å². The number of para-hydroxylation sites is 2. The number of anilines is 1. The highest BCUT2D eigenvalue weighted by Gasteiger charge is 2.33. The van der Waals surface area contributed by atoms with Crippen molar-refractivity contribution in [3.8, 4) is 17.2 Å². The van der Waals surface area contributed by atoms with Crippen molar-refractivity contribution in [1.29, 1.82) is 0 Å². The van der Waals surface area contributed by atoms with Crippen LogP contribution >= 0.6 is 0 Å². The van der Waals surface area contributed by atoms with Gasteiger partial charge in [-0.05, 0) is 29.8 Å². The first-order chi connectivity index (χ1) is 14.3. The molecule has 2 atom stereocenters. The highest BCUT2D eigenvalue weighted by Crippen LogP contribution is 2.38. The Morgan fingerprint density at radius 1 is 1.10 bits per heavy atom. The first kappa shape index (κ1) is 21.9. The molecule has 3 rings (SSSR count). The zero-order valence-electron chi connectivity index (χ0n) is 18.3. The summed E-state index contributed by atoms with van der Waals surface area (Å²) in [5, 5.41) is 0. The van der Waals surface area contributed by atoms with Gasteiger partial charge in [0, 0.05) is 18.6 Å². The molecule has 2 aromatic carbocycles. The summed E-state index contributed by atoms with van der Waals surface area (Å²) in [6, 6.07) is 16.7. The lowest BCUT2D eigenvalue weighted by Crippen LogP contribution is -2.43. The molecule has 0 fully saturated rings. The Bertz CT molecular complexity index is 983. The molecule has 0 radical (unpaired) electrons. The summed E-state index contributed by atoms with van der Waals surface area (Å²) in [5.41, 5.74) is 6.40. The van der Waals surface area contributed by atoms with Crippen LogP contribution in [0.25, 0.3) is 5.57 Å². The van der Waals surface area contributed by atoms with Crippen molar-refractivity contribution in [3.63, 3.8) is 0 Å². The zero-order chi connectivity index (χ0) is 21.7. The first-order valence-electron chi connectivity index (χ1n) is 10.2. The quantitative estimate of drug-likeness (QED) is 0.477. The first-order valence-corrected chi connectivity index (χ1v) is 13.7. The van der Waals surface area contributed by atoms with Gasteiger partial charge in [-0.1, -0.05) is 68.9 Å². The molecule has 1 aliphatic rings. The number of benzene rings is 2. The molecular formula is C25H29NO3Si. The molecule has 0 aromatic heterocycles. The lowest BCUT2D eigenvalue weighted by atomic mass is 9.88. The van der Waals surface area contributed by atoms with Crippen LogP contribution in [0.1, 0.15) is 12.5 Å². The monoisotopic (exact) mass is 419 g/mol. The molecule has 1 aliphatic heterocycles. The minimum atomic E-state index is -1.63. The number of hydrogen-bond acceptors (Lipinski definition) is 3. The second-order valence-electron chi connectivity index (χ2n) is 8.51. The number of amides is 1. The maximum atomic E-state index is 13.3. The maximum Gasteiger partial charge on any atom is 0.421 e. The molecular weight excluding hydrogens is 390 g/mol. The number of methoxy groups -OCH3 is 1. The third-order valence-corrected chi connectivity index (χ3v) is 5.67. The Kier molecular flexibility index (Phi) is 6.81. The molecule has 0 saturated carbocycles. The predicted molar refractivity (Wildman–Crippen MR) is 125 cm³/mol. The van der Waals surface area contributed by atoms with Crippen molar-refractivity contribution < 1.29 is 14.3 Å². The Morgan fingerprint density at radius 2 is 1.77 bits per heavy atom. The largest absolute Gasteiger partial charge is 0.421 e. The van der Waals surface area contributed by atoms with Crippen LogP contribution in [0.3, 0.4) is 0 Å². The Balaban J connectivity index is 2.07. The lowest BCUT2D eigenvalue weighted by Gasteiger charge is -2.34. The van der Waals surface area contributed by atoms with Crippen molar-refractivity contribution in [1.82, 2.24) is 0 Å². The standard InChI is InChI=1S/C25H29NO3Si/c1-19(18-28-2)23-17-20(15-16-30(3,4)5)26(24-14-10-9-13-22(23)24)25(27)29-21-11-7-6-8-12-21/h6-14,17,19-20H,18H2,1-5H3/t19-,20+/m1/s1. The van der Waals surface area contributed by atoms with E-state index in [0.717, 1.165) is 16.8 Å². The van der Waals surface area contributed by atoms with E-state index in [-0.39, 0.29) is 5.92 Å². The number of carbonyl (C=O) groups is 1. The number of rotatable bonds is 4. The van der Waals surface area contributed by atoms with E-state index >= 15 is 0 Å². The van der Waals surface area contributed by atoms with E-state index in [1.165, 1.54) is 0 Å². The number of fused-ring (bicyclic) bond motifs is 1. The topological polar surface area (TPSA) is 38.8 Å². The van der Waals surface area contributed by atoms with Gasteiger partial charge in [0.15, 0.2) is 0 Å². The summed E-state index contributed by atoms with van der Waals surface area (Å²) in [6.07, 6.45) is 1.66. The van der Waals surface area contributed by atoms with Crippen molar-refractivity contribution in [3.05, 3.63) is 66.2 Å². The van der Waals surface area contributed by atoms with E-state index in [9.17, 15) is 4.79 Å². The second kappa shape index (κ2) is 9.33. The highest BCUT2D eigenvalue weighted by atomic mass is 28.3. The minimum absolute atomic E-state index is 0.180. The van der Waals surface area contributed by atoms with Crippen LogP contribution in [-0.2, 0) is 4.74 Å². The summed E-state index contributed by atoms with van der Waals surface area (Å²) in [7, 11) is 0.0767. The minimum Gasteiger partial charge on any atom is -0.410 e. The second-order valence-corrected chi connectivity index (χ2v) is 13.3. The summed E-state index contributed by atoms with van der Waals surface area (Å²) < 4.78 is 11.1. The average molecular weight is 420 g/mol. The SMILES string of the molecule is COC[C@@H](C)C1=C[C@H](C#C[Si](C)(C)C)N(C(=O)Oc2ccccc2)c2ccccc21. The van der Waals surface area contributed by atoms with Gasteiger partial charge in [0.1, 0.15) is 19.9 Å². The third kappa shape index (κ3) is 5.21. The van der Waals surface area contributed by atoms with Gasteiger partial charge in [-0.25, -0.2) is 4.79 Å². The van der Waals surface area contributed by atoms with Crippen LogP contribution in [0.4, 0.5) is 10.5 Å². The van der Waals surface area contributed by atoms with Gasteiger partial charge in [-0.15, -0.1) is 5.54 Å². The van der Waals surface area contributed by atoms with Crippen LogP contribution in [0.2, 0.25) is 19.6 Å². The normalized spacial score (nSPS) is 16.6. The molecule has 0 unspecified atom stereocenters. The van der Waals surface area contributed by atoms with Crippen molar-refractivity contribution in [2.75, 3.05) is 18.6 Å². The van der Waals surface area contributed by atoms with Gasteiger partial charge in [0.25, 0.3) is 0 Å². The molecule has 0 spiro atoms. The Hall–Kier alpha value is -2.81. The Labute approximate surface area is 180 Å². The molecule has 0 bridgehead atoms. The highest BCUT2D eigenvalue weighted by molar-refractivity contribution is 6.83. The zero-order valence-corrected chi connectivity index (χ0v) is 19.3. The Morgan fingerprint density at radius 3 is 2.43 bits per heavy atom. The summed E-state index contributed by atoms with van der Waals surface area (Å²) >= 11 is 0. The number of hydrogen-bond donors (Lipinski definition) is 0. The van der Waals surface area contributed by atoms with Gasteiger partial charge in [0.05, 0.1) is 12.3 Å². The molecule has 0 N–H and O–H groups in total. The summed E-state index contributed by atoms with van der Waals surface area (Å²) in [6.45, 7) is 9.32. The molecule has 5 heteroatoms. The molecule has 1 amide bonds. The fourth-order valence-electron chi connectivity index (χ4n) is 3.43. The van der Waals surface area contributed by atoms with E-state index < -0.39 is 20.2 Å². The van der Waals surface area contributed by atoms with Crippen LogP contribution < -0.4 is 9.64 Å². The fourth-order valence-corrected chi connectivity index (χ4v) is 4.01. The van der Waals surface area contributed by atoms with Crippen molar-refractivity contribution in [2.24, 2.45) is 5.92 Å². The van der Waals surface area contributed by atoms with Gasteiger partial charge in [-0.3, -0.25) is 4.90 Å². The molecule has 2 aromatic rings. The number of carbonyl (C=O) groups excluding carboxylic acids is 1. The van der Waals surface area contributed by atoms with E-state index in [1.807, 2.05) is 42.5 Å². The predicted octanol–water partition coefficient (Wildman–Crippen LogP) is 5.62. The van der Waals surface area contributed by atoms with Gasteiger partial charge >= 0.3 is 6.09 Å². The van der Waals surface area contributed by atoms with Crippen molar-refractivity contribution in [2.45, 2.75) is 32.6 Å². The van der Waals surface area contributed by atoms with Crippen LogP contribution in [0.5, 0.6) is 5.75 Å². The van der Waals surface area contributed by atoms with Crippen LogP contribution in [0, 0.1) is 17.4 Å². The van der Waals surface area contributed by atoms with Gasteiger partial charge < -0.3 is 9.47 Å². The number of ether oxygens (including phenoxy) is 2.